The zero-order chi connectivity index (χ0) is 13.5. The molecule has 0 saturated heterocycles. The first kappa shape index (κ1) is 14.0. The Morgan fingerprint density at radius 3 is 2.50 bits per heavy atom. The number of hydrogen-bond donors (Lipinski definition) is 3. The summed E-state index contributed by atoms with van der Waals surface area (Å²) in [6.07, 6.45) is -1.88. The molecule has 0 aliphatic carbocycles. The number of carbonyl (C=O) groups excluding carboxylic acids is 2. The molecule has 4 N–H and O–H groups in total. The number of ether oxygens (including phenoxy) is 1. The molecule has 98 valence electrons. The highest BCUT2D eigenvalue weighted by molar-refractivity contribution is 5.84. The Hall–Kier alpha value is -2.08. The molecule has 0 aromatic heterocycles. The third kappa shape index (κ3) is 4.42. The van der Waals surface area contributed by atoms with Crippen LogP contribution in [0.4, 0.5) is 4.79 Å². The molecule has 0 bridgehead atoms. The molecule has 18 heavy (non-hydrogen) atoms. The Kier molecular flexibility index (Phi) is 5.13. The number of rotatable bonds is 5. The fourth-order valence-electron chi connectivity index (χ4n) is 1.32. The van der Waals surface area contributed by atoms with E-state index in [0.717, 1.165) is 5.56 Å². The number of amides is 2. The van der Waals surface area contributed by atoms with Crippen molar-refractivity contribution in [1.29, 1.82) is 0 Å². The zero-order valence-corrected chi connectivity index (χ0v) is 10.00. The molecule has 2 atom stereocenters. The van der Waals surface area contributed by atoms with Gasteiger partial charge in [-0.05, 0) is 12.5 Å². The molecule has 0 aliphatic heterocycles. The Bertz CT molecular complexity index is 406. The average molecular weight is 252 g/mol. The first-order valence-electron chi connectivity index (χ1n) is 5.45. The van der Waals surface area contributed by atoms with Crippen molar-refractivity contribution in [3.05, 3.63) is 35.9 Å². The minimum atomic E-state index is -1.16. The van der Waals surface area contributed by atoms with Crippen LogP contribution in [-0.4, -0.2) is 29.3 Å². The topological polar surface area (TPSA) is 102 Å². The van der Waals surface area contributed by atoms with Crippen molar-refractivity contribution >= 4 is 12.0 Å². The fraction of sp³-hybridized carbons (Fsp3) is 0.333. The number of alkyl carbamates (subject to hydrolysis) is 1. The van der Waals surface area contributed by atoms with Crippen LogP contribution in [0.15, 0.2) is 30.3 Å². The van der Waals surface area contributed by atoms with Gasteiger partial charge >= 0.3 is 6.09 Å². The summed E-state index contributed by atoms with van der Waals surface area (Å²) in [6.45, 7) is 1.44. The lowest BCUT2D eigenvalue weighted by Crippen LogP contribution is -2.50. The minimum absolute atomic E-state index is 0.0813. The van der Waals surface area contributed by atoms with Gasteiger partial charge in [-0.1, -0.05) is 30.3 Å². The van der Waals surface area contributed by atoms with Crippen molar-refractivity contribution in [2.75, 3.05) is 0 Å². The second-order valence-corrected chi connectivity index (χ2v) is 3.83. The van der Waals surface area contributed by atoms with E-state index in [9.17, 15) is 14.7 Å². The molecule has 2 amide bonds. The summed E-state index contributed by atoms with van der Waals surface area (Å²) in [6, 6.07) is 7.92. The average Bonchev–Trinajstić information content (AvgIpc) is 2.34. The molecule has 6 nitrogen and oxygen atoms in total. The van der Waals surface area contributed by atoms with Gasteiger partial charge in [-0.25, -0.2) is 4.79 Å². The van der Waals surface area contributed by atoms with Crippen LogP contribution in [0.2, 0.25) is 0 Å². The van der Waals surface area contributed by atoms with Crippen LogP contribution in [0.25, 0.3) is 0 Å². The molecule has 1 aromatic carbocycles. The number of aliphatic hydroxyl groups is 1. The maximum Gasteiger partial charge on any atom is 0.408 e. The second kappa shape index (κ2) is 6.61. The summed E-state index contributed by atoms with van der Waals surface area (Å²) in [7, 11) is 0. The third-order valence-electron chi connectivity index (χ3n) is 2.28. The standard InChI is InChI=1S/C12H16N2O4/c1-8(15)10(11(13)16)14-12(17)18-7-9-5-3-2-4-6-9/h2-6,8,10,15H,7H2,1H3,(H2,13,16)(H,14,17)/t8-,10+/m1/s1. The van der Waals surface area contributed by atoms with Gasteiger partial charge in [0.05, 0.1) is 6.10 Å². The summed E-state index contributed by atoms with van der Waals surface area (Å²) >= 11 is 0. The normalized spacial score (nSPS) is 13.4. The molecule has 1 aromatic rings. The van der Waals surface area contributed by atoms with Gasteiger partial charge in [-0.15, -0.1) is 0 Å². The highest BCUT2D eigenvalue weighted by atomic mass is 16.5. The van der Waals surface area contributed by atoms with Gasteiger partial charge < -0.3 is 20.9 Å². The van der Waals surface area contributed by atoms with Crippen LogP contribution in [0.5, 0.6) is 0 Å². The minimum Gasteiger partial charge on any atom is -0.445 e. The van der Waals surface area contributed by atoms with Gasteiger partial charge in [-0.3, -0.25) is 4.79 Å². The maximum absolute atomic E-state index is 11.4. The summed E-state index contributed by atoms with van der Waals surface area (Å²) in [5.41, 5.74) is 5.84. The summed E-state index contributed by atoms with van der Waals surface area (Å²) in [5, 5.41) is 11.4. The zero-order valence-electron chi connectivity index (χ0n) is 10.00. The number of nitrogens with one attached hydrogen (secondary N) is 1. The Morgan fingerprint density at radius 1 is 1.39 bits per heavy atom. The van der Waals surface area contributed by atoms with Gasteiger partial charge in [0.2, 0.25) is 5.91 Å². The van der Waals surface area contributed by atoms with Crippen molar-refractivity contribution in [3.63, 3.8) is 0 Å². The lowest BCUT2D eigenvalue weighted by molar-refractivity contribution is -0.122. The predicted octanol–water partition coefficient (Wildman–Crippen LogP) is 0.148. The van der Waals surface area contributed by atoms with Gasteiger partial charge in [0.15, 0.2) is 0 Å². The molecule has 6 heteroatoms. The van der Waals surface area contributed by atoms with E-state index in [1.165, 1.54) is 6.92 Å². The van der Waals surface area contributed by atoms with E-state index in [0.29, 0.717) is 0 Å². The maximum atomic E-state index is 11.4. The Morgan fingerprint density at radius 2 is 2.00 bits per heavy atom. The summed E-state index contributed by atoms with van der Waals surface area (Å²) in [5.74, 6) is -0.818. The van der Waals surface area contributed by atoms with Gasteiger partial charge in [0.25, 0.3) is 0 Å². The lowest BCUT2D eigenvalue weighted by atomic mass is 10.2. The first-order chi connectivity index (χ1) is 8.50. The van der Waals surface area contributed by atoms with Crippen LogP contribution in [0.3, 0.4) is 0 Å². The third-order valence-corrected chi connectivity index (χ3v) is 2.28. The fourth-order valence-corrected chi connectivity index (χ4v) is 1.32. The molecule has 0 fully saturated rings. The van der Waals surface area contributed by atoms with Crippen molar-refractivity contribution < 1.29 is 19.4 Å². The number of primary amides is 1. The first-order valence-corrected chi connectivity index (χ1v) is 5.45. The van der Waals surface area contributed by atoms with Crippen molar-refractivity contribution in [3.8, 4) is 0 Å². The van der Waals surface area contributed by atoms with E-state index < -0.39 is 24.1 Å². The van der Waals surface area contributed by atoms with Crippen molar-refractivity contribution in [2.24, 2.45) is 5.73 Å². The van der Waals surface area contributed by atoms with Gasteiger partial charge in [0.1, 0.15) is 12.6 Å². The monoisotopic (exact) mass is 252 g/mol. The molecule has 0 spiro atoms. The van der Waals surface area contributed by atoms with E-state index in [4.69, 9.17) is 10.5 Å². The predicted molar refractivity (Wildman–Crippen MR) is 64.4 cm³/mol. The highest BCUT2D eigenvalue weighted by Crippen LogP contribution is 2.01. The molecule has 1 rings (SSSR count). The van der Waals surface area contributed by atoms with E-state index in [1.807, 2.05) is 18.2 Å². The van der Waals surface area contributed by atoms with Crippen LogP contribution < -0.4 is 11.1 Å². The number of hydrogen-bond acceptors (Lipinski definition) is 4. The quantitative estimate of drug-likeness (QED) is 0.694. The van der Waals surface area contributed by atoms with Crippen LogP contribution in [-0.2, 0) is 16.1 Å². The molecular weight excluding hydrogens is 236 g/mol. The number of benzene rings is 1. The molecule has 0 unspecified atom stereocenters. The Balaban J connectivity index is 2.44. The van der Waals surface area contributed by atoms with E-state index in [1.54, 1.807) is 12.1 Å². The largest absolute Gasteiger partial charge is 0.445 e. The highest BCUT2D eigenvalue weighted by Gasteiger charge is 2.23. The summed E-state index contributed by atoms with van der Waals surface area (Å²) < 4.78 is 4.89. The molecular formula is C12H16N2O4. The number of nitrogens with two attached hydrogens (primary N) is 1. The molecule has 0 heterocycles. The summed E-state index contributed by atoms with van der Waals surface area (Å²) in [4.78, 5) is 22.3. The smallest absolute Gasteiger partial charge is 0.408 e. The number of carbonyl (C=O) groups is 2. The molecule has 0 aliphatic rings. The Labute approximate surface area is 105 Å². The van der Waals surface area contributed by atoms with Crippen molar-refractivity contribution in [1.82, 2.24) is 5.32 Å². The lowest BCUT2D eigenvalue weighted by Gasteiger charge is -2.17. The van der Waals surface area contributed by atoms with E-state index in [-0.39, 0.29) is 6.61 Å². The SMILES string of the molecule is C[C@@H](O)[C@H](NC(=O)OCc1ccccc1)C(N)=O. The van der Waals surface area contributed by atoms with E-state index >= 15 is 0 Å². The van der Waals surface area contributed by atoms with Crippen molar-refractivity contribution in [2.45, 2.75) is 25.7 Å². The van der Waals surface area contributed by atoms with E-state index in [2.05, 4.69) is 5.32 Å². The molecule has 0 saturated carbocycles. The van der Waals surface area contributed by atoms with Crippen LogP contribution >= 0.6 is 0 Å². The molecule has 0 radical (unpaired) electrons. The van der Waals surface area contributed by atoms with Crippen LogP contribution in [0.1, 0.15) is 12.5 Å². The van der Waals surface area contributed by atoms with Gasteiger partial charge in [-0.2, -0.15) is 0 Å². The van der Waals surface area contributed by atoms with Gasteiger partial charge in [0, 0.05) is 0 Å². The second-order valence-electron chi connectivity index (χ2n) is 3.83. The number of aliphatic hydroxyl groups excluding tert-OH is 1. The van der Waals surface area contributed by atoms with Crippen LogP contribution in [0, 0.1) is 0 Å².